The number of aliphatic hydroxyl groups is 1. The lowest BCUT2D eigenvalue weighted by Crippen LogP contribution is -2.21. The van der Waals surface area contributed by atoms with Crippen molar-refractivity contribution in [2.75, 3.05) is 30.8 Å². The van der Waals surface area contributed by atoms with Gasteiger partial charge in [-0.05, 0) is 31.6 Å². The third-order valence-corrected chi connectivity index (χ3v) is 3.67. The highest BCUT2D eigenvalue weighted by Crippen LogP contribution is 2.31. The zero-order valence-corrected chi connectivity index (χ0v) is 11.1. The fraction of sp³-hybridized carbons (Fsp3) is 0.692. The summed E-state index contributed by atoms with van der Waals surface area (Å²) in [5, 5.41) is 15.6. The second-order valence-electron chi connectivity index (χ2n) is 4.98. The van der Waals surface area contributed by atoms with Crippen LogP contribution in [0.4, 0.5) is 11.8 Å². The monoisotopic (exact) mass is 250 g/mol. The number of aromatic nitrogens is 2. The van der Waals surface area contributed by atoms with Crippen LogP contribution in [0, 0.1) is 18.8 Å². The SMILES string of the molecule is CNc1nc(C)cc(NCC2CCCC2CO)n1. The van der Waals surface area contributed by atoms with Crippen molar-refractivity contribution in [3.05, 3.63) is 11.8 Å². The number of nitrogens with zero attached hydrogens (tertiary/aromatic N) is 2. The van der Waals surface area contributed by atoms with Crippen LogP contribution in [0.15, 0.2) is 6.07 Å². The minimum Gasteiger partial charge on any atom is -0.396 e. The number of rotatable bonds is 5. The van der Waals surface area contributed by atoms with Crippen LogP contribution < -0.4 is 10.6 Å². The number of anilines is 2. The number of hydrogen-bond acceptors (Lipinski definition) is 5. The molecule has 18 heavy (non-hydrogen) atoms. The molecule has 1 aromatic heterocycles. The largest absolute Gasteiger partial charge is 0.396 e. The number of hydrogen-bond donors (Lipinski definition) is 3. The van der Waals surface area contributed by atoms with E-state index >= 15 is 0 Å². The average Bonchev–Trinajstić information content (AvgIpc) is 2.83. The molecule has 2 rings (SSSR count). The second-order valence-corrected chi connectivity index (χ2v) is 4.98. The Balaban J connectivity index is 1.95. The van der Waals surface area contributed by atoms with Crippen molar-refractivity contribution in [3.63, 3.8) is 0 Å². The predicted molar refractivity (Wildman–Crippen MR) is 72.7 cm³/mol. The maximum atomic E-state index is 9.30. The molecule has 0 aromatic carbocycles. The maximum absolute atomic E-state index is 9.30. The number of aliphatic hydroxyl groups excluding tert-OH is 1. The van der Waals surface area contributed by atoms with E-state index in [9.17, 15) is 5.11 Å². The van der Waals surface area contributed by atoms with Gasteiger partial charge in [-0.15, -0.1) is 0 Å². The van der Waals surface area contributed by atoms with Gasteiger partial charge in [0.1, 0.15) is 5.82 Å². The first kappa shape index (κ1) is 13.1. The molecule has 0 amide bonds. The fourth-order valence-corrected chi connectivity index (χ4v) is 2.63. The van der Waals surface area contributed by atoms with Crippen LogP contribution in [0.2, 0.25) is 0 Å². The molecule has 1 aromatic rings. The quantitative estimate of drug-likeness (QED) is 0.741. The average molecular weight is 250 g/mol. The van der Waals surface area contributed by atoms with Gasteiger partial charge < -0.3 is 15.7 Å². The molecule has 1 heterocycles. The Morgan fingerprint density at radius 2 is 2.11 bits per heavy atom. The molecule has 2 atom stereocenters. The van der Waals surface area contributed by atoms with E-state index in [1.807, 2.05) is 20.0 Å². The Kier molecular flexibility index (Phi) is 4.36. The van der Waals surface area contributed by atoms with Crippen LogP contribution in [-0.4, -0.2) is 35.3 Å². The molecule has 0 bridgehead atoms. The lowest BCUT2D eigenvalue weighted by molar-refractivity contribution is 0.199. The van der Waals surface area contributed by atoms with E-state index in [0.717, 1.165) is 24.5 Å². The van der Waals surface area contributed by atoms with Crippen LogP contribution in [0.3, 0.4) is 0 Å². The van der Waals surface area contributed by atoms with Gasteiger partial charge in [0.25, 0.3) is 0 Å². The van der Waals surface area contributed by atoms with E-state index in [0.29, 0.717) is 24.4 Å². The van der Waals surface area contributed by atoms with E-state index in [1.54, 1.807) is 0 Å². The molecule has 100 valence electrons. The fourth-order valence-electron chi connectivity index (χ4n) is 2.63. The van der Waals surface area contributed by atoms with Crippen LogP contribution in [0.25, 0.3) is 0 Å². The van der Waals surface area contributed by atoms with Crippen molar-refractivity contribution in [1.29, 1.82) is 0 Å². The Bertz CT molecular complexity index is 397. The Morgan fingerprint density at radius 1 is 1.33 bits per heavy atom. The third-order valence-electron chi connectivity index (χ3n) is 3.67. The summed E-state index contributed by atoms with van der Waals surface area (Å²) in [6.07, 6.45) is 3.57. The molecule has 1 aliphatic rings. The molecule has 5 nitrogen and oxygen atoms in total. The van der Waals surface area contributed by atoms with Crippen LogP contribution in [-0.2, 0) is 0 Å². The van der Waals surface area contributed by atoms with Gasteiger partial charge in [-0.1, -0.05) is 6.42 Å². The molecule has 0 spiro atoms. The zero-order chi connectivity index (χ0) is 13.0. The highest BCUT2D eigenvalue weighted by atomic mass is 16.3. The van der Waals surface area contributed by atoms with Crippen LogP contribution >= 0.6 is 0 Å². The Morgan fingerprint density at radius 3 is 2.83 bits per heavy atom. The van der Waals surface area contributed by atoms with Gasteiger partial charge in [-0.3, -0.25) is 0 Å². The Hall–Kier alpha value is -1.36. The minimum absolute atomic E-state index is 0.302. The molecular formula is C13H22N4O. The van der Waals surface area contributed by atoms with Crippen LogP contribution in [0.1, 0.15) is 25.0 Å². The van der Waals surface area contributed by atoms with Gasteiger partial charge >= 0.3 is 0 Å². The summed E-state index contributed by atoms with van der Waals surface area (Å²) in [5.74, 6) is 2.51. The lowest BCUT2D eigenvalue weighted by atomic mass is 9.97. The normalized spacial score (nSPS) is 23.1. The summed E-state index contributed by atoms with van der Waals surface area (Å²) < 4.78 is 0. The molecule has 0 aliphatic heterocycles. The van der Waals surface area contributed by atoms with E-state index in [2.05, 4.69) is 20.6 Å². The summed E-state index contributed by atoms with van der Waals surface area (Å²) in [4.78, 5) is 8.63. The van der Waals surface area contributed by atoms with Crippen molar-refractivity contribution in [3.8, 4) is 0 Å². The first-order valence-corrected chi connectivity index (χ1v) is 6.61. The molecule has 3 N–H and O–H groups in total. The molecule has 0 radical (unpaired) electrons. The number of nitrogens with one attached hydrogen (secondary N) is 2. The first-order valence-electron chi connectivity index (χ1n) is 6.61. The highest BCUT2D eigenvalue weighted by molar-refractivity contribution is 5.41. The van der Waals surface area contributed by atoms with E-state index in [-0.39, 0.29) is 0 Å². The van der Waals surface area contributed by atoms with Gasteiger partial charge in [0, 0.05) is 32.0 Å². The van der Waals surface area contributed by atoms with Gasteiger partial charge in [-0.25, -0.2) is 4.98 Å². The lowest BCUT2D eigenvalue weighted by Gasteiger charge is -2.18. The van der Waals surface area contributed by atoms with Gasteiger partial charge in [0.15, 0.2) is 0 Å². The van der Waals surface area contributed by atoms with E-state index in [1.165, 1.54) is 12.8 Å². The molecule has 2 unspecified atom stereocenters. The molecular weight excluding hydrogens is 228 g/mol. The third kappa shape index (κ3) is 3.10. The standard InChI is InChI=1S/C13H22N4O/c1-9-6-12(17-13(14-2)16-9)15-7-10-4-3-5-11(10)8-18/h6,10-11,18H,3-5,7-8H2,1-2H3,(H2,14,15,16,17). The van der Waals surface area contributed by atoms with Crippen molar-refractivity contribution in [2.24, 2.45) is 11.8 Å². The zero-order valence-electron chi connectivity index (χ0n) is 11.1. The molecule has 1 fully saturated rings. The maximum Gasteiger partial charge on any atom is 0.224 e. The Labute approximate surface area is 108 Å². The van der Waals surface area contributed by atoms with Crippen molar-refractivity contribution in [2.45, 2.75) is 26.2 Å². The van der Waals surface area contributed by atoms with Crippen molar-refractivity contribution >= 4 is 11.8 Å². The van der Waals surface area contributed by atoms with Gasteiger partial charge in [-0.2, -0.15) is 4.98 Å². The van der Waals surface area contributed by atoms with Crippen molar-refractivity contribution < 1.29 is 5.11 Å². The van der Waals surface area contributed by atoms with Gasteiger partial charge in [0.2, 0.25) is 5.95 Å². The van der Waals surface area contributed by atoms with E-state index < -0.39 is 0 Å². The molecule has 1 saturated carbocycles. The number of aryl methyl sites for hydroxylation is 1. The molecule has 5 heteroatoms. The summed E-state index contributed by atoms with van der Waals surface area (Å²) >= 11 is 0. The summed E-state index contributed by atoms with van der Waals surface area (Å²) in [7, 11) is 1.82. The minimum atomic E-state index is 0.302. The molecule has 0 saturated heterocycles. The summed E-state index contributed by atoms with van der Waals surface area (Å²) in [5.41, 5.74) is 0.946. The van der Waals surface area contributed by atoms with Crippen molar-refractivity contribution in [1.82, 2.24) is 9.97 Å². The van der Waals surface area contributed by atoms with Gasteiger partial charge in [0.05, 0.1) is 0 Å². The molecule has 1 aliphatic carbocycles. The summed E-state index contributed by atoms with van der Waals surface area (Å²) in [6.45, 7) is 3.14. The first-order chi connectivity index (χ1) is 8.72. The predicted octanol–water partition coefficient (Wildman–Crippen LogP) is 1.65. The highest BCUT2D eigenvalue weighted by Gasteiger charge is 2.26. The van der Waals surface area contributed by atoms with Crippen LogP contribution in [0.5, 0.6) is 0 Å². The topological polar surface area (TPSA) is 70.1 Å². The summed E-state index contributed by atoms with van der Waals surface area (Å²) in [6, 6.07) is 1.95. The smallest absolute Gasteiger partial charge is 0.224 e. The second kappa shape index (κ2) is 6.00. The van der Waals surface area contributed by atoms with E-state index in [4.69, 9.17) is 0 Å².